The first-order chi connectivity index (χ1) is 31.3. The van der Waals surface area contributed by atoms with Gasteiger partial charge >= 0.3 is 0 Å². The smallest absolute Gasteiger partial charge is 0.0619 e. The third-order valence-electron chi connectivity index (χ3n) is 14.4. The van der Waals surface area contributed by atoms with E-state index in [4.69, 9.17) is 0 Å². The average molecular weight is 795 g/mol. The standard InChI is InChI=1S/C63H38/c1-2-16-43-38-59-56(37-42(43)15-1)55-35-32-44-36-45(33-34-48(44)62(55)63(59)57-26-11-9-19-49(57)50-20-10-12-27-58(50)63)61-53-23-7-5-21-51(53)60(52-22-6-8-24-54(52)61)41-30-28-40(29-31-41)47-25-13-17-39-14-3-4-18-46(39)47/h1-38H. The molecule has 2 aliphatic carbocycles. The fraction of sp³-hybridized carbons (Fsp3) is 0.0159. The molecule has 0 bridgehead atoms. The fourth-order valence-corrected chi connectivity index (χ4v) is 11.9. The molecule has 0 nitrogen and oxygen atoms in total. The zero-order chi connectivity index (χ0) is 41.2. The van der Waals surface area contributed by atoms with Crippen LogP contribution in [0.4, 0.5) is 0 Å². The second-order valence-corrected chi connectivity index (χ2v) is 17.5. The number of fused-ring (bicyclic) bond motifs is 16. The summed E-state index contributed by atoms with van der Waals surface area (Å²) in [4.78, 5) is 0. The molecule has 0 fully saturated rings. The minimum Gasteiger partial charge on any atom is -0.0619 e. The molecule has 0 saturated heterocycles. The summed E-state index contributed by atoms with van der Waals surface area (Å²) in [7, 11) is 0. The van der Waals surface area contributed by atoms with E-state index in [-0.39, 0.29) is 0 Å². The summed E-state index contributed by atoms with van der Waals surface area (Å²) in [6.07, 6.45) is 0. The first-order valence-corrected chi connectivity index (χ1v) is 22.1. The van der Waals surface area contributed by atoms with Crippen molar-refractivity contribution in [3.63, 3.8) is 0 Å². The minimum absolute atomic E-state index is 0.437. The Morgan fingerprint density at radius 3 is 1.38 bits per heavy atom. The van der Waals surface area contributed by atoms with Gasteiger partial charge in [-0.1, -0.05) is 212 Å². The van der Waals surface area contributed by atoms with E-state index >= 15 is 0 Å². The zero-order valence-corrected chi connectivity index (χ0v) is 34.4. The van der Waals surface area contributed by atoms with Crippen LogP contribution < -0.4 is 0 Å². The molecule has 12 aromatic rings. The van der Waals surface area contributed by atoms with E-state index in [2.05, 4.69) is 231 Å². The van der Waals surface area contributed by atoms with Crippen LogP contribution in [0.5, 0.6) is 0 Å². The van der Waals surface area contributed by atoms with Gasteiger partial charge in [0.1, 0.15) is 0 Å². The van der Waals surface area contributed by atoms with E-state index in [1.54, 1.807) is 0 Å². The topological polar surface area (TPSA) is 0 Å². The highest BCUT2D eigenvalue weighted by molar-refractivity contribution is 6.22. The Morgan fingerprint density at radius 1 is 0.222 bits per heavy atom. The lowest BCUT2D eigenvalue weighted by molar-refractivity contribution is 0.802. The van der Waals surface area contributed by atoms with Gasteiger partial charge in [-0.3, -0.25) is 0 Å². The molecule has 0 saturated carbocycles. The number of hydrogen-bond donors (Lipinski definition) is 0. The van der Waals surface area contributed by atoms with E-state index in [0.717, 1.165) is 0 Å². The Labute approximate surface area is 366 Å². The van der Waals surface area contributed by atoms with Crippen LogP contribution in [0.1, 0.15) is 22.3 Å². The first-order valence-electron chi connectivity index (χ1n) is 22.1. The maximum Gasteiger partial charge on any atom is 0.0731 e. The summed E-state index contributed by atoms with van der Waals surface area (Å²) in [5, 5.41) is 12.7. The van der Waals surface area contributed by atoms with Crippen molar-refractivity contribution >= 4 is 53.9 Å². The van der Waals surface area contributed by atoms with Gasteiger partial charge in [0, 0.05) is 0 Å². The summed E-state index contributed by atoms with van der Waals surface area (Å²) in [6.45, 7) is 0. The third-order valence-corrected chi connectivity index (χ3v) is 14.4. The van der Waals surface area contributed by atoms with Gasteiger partial charge in [-0.2, -0.15) is 0 Å². The minimum atomic E-state index is -0.437. The normalized spacial score (nSPS) is 13.2. The lowest BCUT2D eigenvalue weighted by Gasteiger charge is -2.31. The Morgan fingerprint density at radius 2 is 0.714 bits per heavy atom. The van der Waals surface area contributed by atoms with E-state index < -0.39 is 5.41 Å². The van der Waals surface area contributed by atoms with E-state index in [0.29, 0.717) is 0 Å². The highest BCUT2D eigenvalue weighted by atomic mass is 14.5. The second-order valence-electron chi connectivity index (χ2n) is 17.5. The van der Waals surface area contributed by atoms with Crippen molar-refractivity contribution < 1.29 is 0 Å². The maximum absolute atomic E-state index is 2.49. The van der Waals surface area contributed by atoms with Gasteiger partial charge in [0.2, 0.25) is 0 Å². The summed E-state index contributed by atoms with van der Waals surface area (Å²) < 4.78 is 0. The molecule has 0 N–H and O–H groups in total. The Hall–Kier alpha value is -8.06. The van der Waals surface area contributed by atoms with Crippen LogP contribution in [0.3, 0.4) is 0 Å². The molecule has 1 spiro atoms. The van der Waals surface area contributed by atoms with Gasteiger partial charge < -0.3 is 0 Å². The molecule has 0 aromatic heterocycles. The summed E-state index contributed by atoms with van der Waals surface area (Å²) in [5.74, 6) is 0. The summed E-state index contributed by atoms with van der Waals surface area (Å²) in [5.41, 5.74) is 17.9. The zero-order valence-electron chi connectivity index (χ0n) is 34.4. The molecule has 0 unspecified atom stereocenters. The highest BCUT2D eigenvalue weighted by Crippen LogP contribution is 2.64. The third kappa shape index (κ3) is 4.70. The molecule has 2 aliphatic rings. The first kappa shape index (κ1) is 34.6. The molecule has 63 heavy (non-hydrogen) atoms. The van der Waals surface area contributed by atoms with Crippen molar-refractivity contribution in [2.45, 2.75) is 5.41 Å². The Bertz CT molecular complexity index is 3790. The molecule has 0 heteroatoms. The van der Waals surface area contributed by atoms with Crippen molar-refractivity contribution in [2.75, 3.05) is 0 Å². The maximum atomic E-state index is 2.49. The summed E-state index contributed by atoms with van der Waals surface area (Å²) >= 11 is 0. The molecule has 0 amide bonds. The van der Waals surface area contributed by atoms with Crippen LogP contribution in [-0.4, -0.2) is 0 Å². The van der Waals surface area contributed by atoms with E-state index in [9.17, 15) is 0 Å². The van der Waals surface area contributed by atoms with Crippen molar-refractivity contribution in [2.24, 2.45) is 0 Å². The van der Waals surface area contributed by atoms with Crippen LogP contribution >= 0.6 is 0 Å². The van der Waals surface area contributed by atoms with Crippen molar-refractivity contribution in [1.29, 1.82) is 0 Å². The van der Waals surface area contributed by atoms with Gasteiger partial charge in [0.05, 0.1) is 5.41 Å². The van der Waals surface area contributed by atoms with Crippen molar-refractivity contribution in [1.82, 2.24) is 0 Å². The van der Waals surface area contributed by atoms with Gasteiger partial charge in [0.15, 0.2) is 0 Å². The monoisotopic (exact) mass is 794 g/mol. The fourth-order valence-electron chi connectivity index (χ4n) is 11.9. The van der Waals surface area contributed by atoms with Crippen LogP contribution in [0.25, 0.3) is 109 Å². The Balaban J connectivity index is 0.989. The lowest BCUT2D eigenvalue weighted by Crippen LogP contribution is -2.26. The molecule has 14 rings (SSSR count). The average Bonchev–Trinajstić information content (AvgIpc) is 3.81. The molecule has 0 atom stereocenters. The van der Waals surface area contributed by atoms with Gasteiger partial charge in [-0.25, -0.2) is 0 Å². The molecular weight excluding hydrogens is 757 g/mol. The predicted molar refractivity (Wildman–Crippen MR) is 267 cm³/mol. The van der Waals surface area contributed by atoms with Gasteiger partial charge in [-0.05, 0) is 150 Å². The Kier molecular flexibility index (Phi) is 7.13. The molecule has 0 heterocycles. The van der Waals surface area contributed by atoms with Crippen LogP contribution in [0, 0.1) is 0 Å². The molecule has 290 valence electrons. The number of benzene rings is 12. The number of hydrogen-bond acceptors (Lipinski definition) is 0. The summed E-state index contributed by atoms with van der Waals surface area (Å²) in [6, 6.07) is 86.7. The lowest BCUT2D eigenvalue weighted by atomic mass is 9.69. The quantitative estimate of drug-likeness (QED) is 0.156. The van der Waals surface area contributed by atoms with Crippen LogP contribution in [-0.2, 0) is 5.41 Å². The van der Waals surface area contributed by atoms with Crippen LogP contribution in [0.2, 0.25) is 0 Å². The van der Waals surface area contributed by atoms with Crippen molar-refractivity contribution in [3.05, 3.63) is 253 Å². The van der Waals surface area contributed by atoms with Gasteiger partial charge in [0.25, 0.3) is 0 Å². The van der Waals surface area contributed by atoms with Gasteiger partial charge in [-0.15, -0.1) is 0 Å². The molecule has 0 radical (unpaired) electrons. The SMILES string of the molecule is c1ccc2c(c1)-c1ccccc1C21c2cc3ccccc3cc2-c2ccc3cc(-c4c5ccccc5c(-c5ccc(-c6cccc7ccccc67)cc5)c5ccccc45)ccc3c21. The molecule has 0 aliphatic heterocycles. The predicted octanol–water partition coefficient (Wildman–Crippen LogP) is 16.8. The number of rotatable bonds is 3. The second kappa shape index (κ2) is 13.0. The van der Waals surface area contributed by atoms with Crippen LogP contribution in [0.15, 0.2) is 231 Å². The molecular formula is C63H38. The van der Waals surface area contributed by atoms with E-state index in [1.165, 1.54) is 132 Å². The van der Waals surface area contributed by atoms with Crippen molar-refractivity contribution in [3.8, 4) is 55.6 Å². The van der Waals surface area contributed by atoms with E-state index in [1.807, 2.05) is 0 Å². The molecule has 12 aromatic carbocycles. The highest BCUT2D eigenvalue weighted by Gasteiger charge is 2.52. The largest absolute Gasteiger partial charge is 0.0731 e.